The molecule has 1 fully saturated rings. The third-order valence-corrected chi connectivity index (χ3v) is 3.70. The van der Waals surface area contributed by atoms with Gasteiger partial charge in [0.2, 0.25) is 0 Å². The Morgan fingerprint density at radius 3 is 2.65 bits per heavy atom. The Balaban J connectivity index is 2.15. The Bertz CT molecular complexity index is 540. The molecule has 0 aromatic heterocycles. The smallest absolute Gasteiger partial charge is 0.338 e. The highest BCUT2D eigenvalue weighted by Gasteiger charge is 2.41. The minimum absolute atomic E-state index is 0.0340. The number of aromatic carboxylic acids is 1. The molecule has 0 aliphatic heterocycles. The first-order chi connectivity index (χ1) is 9.47. The summed E-state index contributed by atoms with van der Waals surface area (Å²) in [5.41, 5.74) is 0.0440. The van der Waals surface area contributed by atoms with Gasteiger partial charge < -0.3 is 15.5 Å². The summed E-state index contributed by atoms with van der Waals surface area (Å²) < 4.78 is 0. The van der Waals surface area contributed by atoms with Gasteiger partial charge in [-0.3, -0.25) is 10.1 Å². The van der Waals surface area contributed by atoms with Crippen molar-refractivity contribution in [1.29, 1.82) is 0 Å². The molecule has 1 aromatic rings. The average Bonchev–Trinajstić information content (AvgIpc) is 3.16. The van der Waals surface area contributed by atoms with Gasteiger partial charge >= 0.3 is 5.97 Å². The zero-order valence-electron chi connectivity index (χ0n) is 10.8. The Labute approximate surface area is 115 Å². The summed E-state index contributed by atoms with van der Waals surface area (Å²) in [6.07, 6.45) is 2.67. The number of nitrogens with zero attached hydrogens (tertiary/aromatic N) is 1. The molecule has 0 atom stereocenters. The van der Waals surface area contributed by atoms with Gasteiger partial charge in [0.15, 0.2) is 0 Å². The number of nitro groups is 1. The molecular weight excluding hydrogens is 264 g/mol. The van der Waals surface area contributed by atoms with Crippen LogP contribution in [-0.4, -0.2) is 34.3 Å². The van der Waals surface area contributed by atoms with Gasteiger partial charge in [-0.1, -0.05) is 0 Å². The van der Waals surface area contributed by atoms with Crippen molar-refractivity contribution in [1.82, 2.24) is 0 Å². The molecule has 2 rings (SSSR count). The highest BCUT2D eigenvalue weighted by molar-refractivity contribution is 5.95. The summed E-state index contributed by atoms with van der Waals surface area (Å²) >= 11 is 0. The fourth-order valence-corrected chi connectivity index (χ4v) is 2.19. The summed E-state index contributed by atoms with van der Waals surface area (Å²) in [5, 5.41) is 31.8. The van der Waals surface area contributed by atoms with Crippen LogP contribution in [0.5, 0.6) is 0 Å². The molecule has 0 bridgehead atoms. The monoisotopic (exact) mass is 280 g/mol. The Kier molecular flexibility index (Phi) is 3.89. The highest BCUT2D eigenvalue weighted by Crippen LogP contribution is 2.48. The van der Waals surface area contributed by atoms with Crippen LogP contribution >= 0.6 is 0 Å². The standard InChI is InChI=1S/C13H16N2O5/c16-6-5-13(3-4-13)8-14-11-2-1-9(15(19)20)7-10(11)12(17)18/h1-2,7,14,16H,3-6,8H2,(H,17,18). The minimum atomic E-state index is -1.21. The van der Waals surface area contributed by atoms with Crippen molar-refractivity contribution in [3.63, 3.8) is 0 Å². The zero-order valence-corrected chi connectivity index (χ0v) is 10.8. The van der Waals surface area contributed by atoms with Gasteiger partial charge in [0.05, 0.1) is 10.5 Å². The number of carboxylic acids is 1. The highest BCUT2D eigenvalue weighted by atomic mass is 16.6. The molecule has 1 aromatic carbocycles. The van der Waals surface area contributed by atoms with Crippen LogP contribution < -0.4 is 5.32 Å². The maximum Gasteiger partial charge on any atom is 0.338 e. The van der Waals surface area contributed by atoms with E-state index < -0.39 is 10.9 Å². The molecule has 3 N–H and O–H groups in total. The summed E-state index contributed by atoms with van der Waals surface area (Å²) in [4.78, 5) is 21.2. The predicted octanol–water partition coefficient (Wildman–Crippen LogP) is 1.87. The normalized spacial score (nSPS) is 15.7. The van der Waals surface area contributed by atoms with Crippen molar-refractivity contribution in [3.8, 4) is 0 Å². The molecular formula is C13H16N2O5. The van der Waals surface area contributed by atoms with Gasteiger partial charge in [-0.25, -0.2) is 4.79 Å². The molecule has 0 radical (unpaired) electrons. The molecule has 7 nitrogen and oxygen atoms in total. The fraction of sp³-hybridized carbons (Fsp3) is 0.462. The maximum absolute atomic E-state index is 11.2. The lowest BCUT2D eigenvalue weighted by molar-refractivity contribution is -0.384. The third kappa shape index (κ3) is 3.05. The SMILES string of the molecule is O=C(O)c1cc([N+](=O)[O-])ccc1NCC1(CCO)CC1. The van der Waals surface area contributed by atoms with Crippen molar-refractivity contribution in [2.75, 3.05) is 18.5 Å². The molecule has 0 amide bonds. The molecule has 1 saturated carbocycles. The van der Waals surface area contributed by atoms with Gasteiger partial charge in [0.25, 0.3) is 5.69 Å². The molecule has 0 spiro atoms. The predicted molar refractivity (Wildman–Crippen MR) is 71.9 cm³/mol. The summed E-state index contributed by atoms with van der Waals surface area (Å²) in [6.45, 7) is 0.666. The second-order valence-electron chi connectivity index (χ2n) is 5.12. The van der Waals surface area contributed by atoms with Crippen LogP contribution in [-0.2, 0) is 0 Å². The number of nitro benzene ring substituents is 1. The van der Waals surface area contributed by atoms with Gasteiger partial charge in [-0.05, 0) is 30.7 Å². The minimum Gasteiger partial charge on any atom is -0.478 e. The Morgan fingerprint density at radius 2 is 2.15 bits per heavy atom. The maximum atomic E-state index is 11.2. The van der Waals surface area contributed by atoms with Crippen LogP contribution in [0.25, 0.3) is 0 Å². The van der Waals surface area contributed by atoms with E-state index in [1.165, 1.54) is 12.1 Å². The van der Waals surface area contributed by atoms with Crippen LogP contribution in [0.4, 0.5) is 11.4 Å². The topological polar surface area (TPSA) is 113 Å². The third-order valence-electron chi connectivity index (χ3n) is 3.70. The van der Waals surface area contributed by atoms with E-state index in [1.807, 2.05) is 0 Å². The van der Waals surface area contributed by atoms with Crippen molar-refractivity contribution in [2.45, 2.75) is 19.3 Å². The summed E-state index contributed by atoms with van der Waals surface area (Å²) in [7, 11) is 0. The number of rotatable bonds is 7. The van der Waals surface area contributed by atoms with E-state index in [-0.39, 0.29) is 23.3 Å². The van der Waals surface area contributed by atoms with Gasteiger partial charge in [0, 0.05) is 31.0 Å². The first-order valence-corrected chi connectivity index (χ1v) is 6.34. The molecule has 20 heavy (non-hydrogen) atoms. The first kappa shape index (κ1) is 14.3. The van der Waals surface area contributed by atoms with E-state index in [0.717, 1.165) is 18.9 Å². The van der Waals surface area contributed by atoms with Crippen molar-refractivity contribution < 1.29 is 19.9 Å². The lowest BCUT2D eigenvalue weighted by atomic mass is 10.0. The number of anilines is 1. The van der Waals surface area contributed by atoms with Crippen molar-refractivity contribution in [3.05, 3.63) is 33.9 Å². The number of non-ortho nitro benzene ring substituents is 1. The summed E-state index contributed by atoms with van der Waals surface area (Å²) in [6, 6.07) is 3.74. The number of nitrogens with one attached hydrogen (secondary N) is 1. The number of aliphatic hydroxyl groups is 1. The first-order valence-electron chi connectivity index (χ1n) is 6.34. The van der Waals surface area contributed by atoms with E-state index in [0.29, 0.717) is 18.7 Å². The lowest BCUT2D eigenvalue weighted by Gasteiger charge is -2.16. The lowest BCUT2D eigenvalue weighted by Crippen LogP contribution is -2.18. The number of benzene rings is 1. The number of aliphatic hydroxyl groups excluding tert-OH is 1. The van der Waals surface area contributed by atoms with Crippen molar-refractivity contribution in [2.24, 2.45) is 5.41 Å². The molecule has 108 valence electrons. The van der Waals surface area contributed by atoms with Crippen LogP contribution in [0.3, 0.4) is 0 Å². The van der Waals surface area contributed by atoms with E-state index in [9.17, 15) is 14.9 Å². The van der Waals surface area contributed by atoms with E-state index >= 15 is 0 Å². The van der Waals surface area contributed by atoms with Crippen LogP contribution in [0, 0.1) is 15.5 Å². The van der Waals surface area contributed by atoms with E-state index in [2.05, 4.69) is 5.32 Å². The van der Waals surface area contributed by atoms with Crippen molar-refractivity contribution >= 4 is 17.3 Å². The van der Waals surface area contributed by atoms with Gasteiger partial charge in [0.1, 0.15) is 0 Å². The zero-order chi connectivity index (χ0) is 14.8. The second-order valence-corrected chi connectivity index (χ2v) is 5.12. The molecule has 7 heteroatoms. The van der Waals surface area contributed by atoms with Crippen LogP contribution in [0.1, 0.15) is 29.6 Å². The largest absolute Gasteiger partial charge is 0.478 e. The molecule has 0 unspecified atom stereocenters. The average molecular weight is 280 g/mol. The van der Waals surface area contributed by atoms with E-state index in [1.54, 1.807) is 0 Å². The molecule has 0 heterocycles. The number of carbonyl (C=O) groups is 1. The quantitative estimate of drug-likeness (QED) is 0.519. The molecule has 1 aliphatic rings. The molecule has 0 saturated heterocycles. The van der Waals surface area contributed by atoms with Gasteiger partial charge in [-0.15, -0.1) is 0 Å². The van der Waals surface area contributed by atoms with Crippen LogP contribution in [0.2, 0.25) is 0 Å². The Hall–Kier alpha value is -2.15. The number of hydrogen-bond acceptors (Lipinski definition) is 5. The number of carboxylic acid groups (broad SMARTS) is 1. The Morgan fingerprint density at radius 1 is 1.45 bits per heavy atom. The van der Waals surface area contributed by atoms with Gasteiger partial charge in [-0.2, -0.15) is 0 Å². The summed E-state index contributed by atoms with van der Waals surface area (Å²) in [5.74, 6) is -1.21. The van der Waals surface area contributed by atoms with Crippen LogP contribution in [0.15, 0.2) is 18.2 Å². The molecule has 1 aliphatic carbocycles. The van der Waals surface area contributed by atoms with E-state index in [4.69, 9.17) is 10.2 Å². The number of hydrogen-bond donors (Lipinski definition) is 3. The second kappa shape index (κ2) is 5.46. The fourth-order valence-electron chi connectivity index (χ4n) is 2.19.